The van der Waals surface area contributed by atoms with Crippen LogP contribution < -0.4 is 0 Å². The van der Waals surface area contributed by atoms with Crippen LogP contribution in [-0.2, 0) is 0 Å². The van der Waals surface area contributed by atoms with Gasteiger partial charge in [-0.15, -0.1) is 0 Å². The second kappa shape index (κ2) is 6.38. The molecule has 0 aromatic heterocycles. The summed E-state index contributed by atoms with van der Waals surface area (Å²) in [6, 6.07) is 5.36. The molecule has 0 aliphatic heterocycles. The van der Waals surface area contributed by atoms with E-state index in [9.17, 15) is 4.79 Å². The number of benzene rings is 1. The van der Waals surface area contributed by atoms with E-state index >= 15 is 0 Å². The zero-order valence-electron chi connectivity index (χ0n) is 10.2. The molecule has 1 aromatic carbocycles. The predicted molar refractivity (Wildman–Crippen MR) is 74.7 cm³/mol. The Morgan fingerprint density at radius 3 is 2.53 bits per heavy atom. The molecular formula is C12H16BrClN2O. The van der Waals surface area contributed by atoms with Crippen LogP contribution in [0, 0.1) is 0 Å². The molecule has 0 fully saturated rings. The molecule has 0 unspecified atom stereocenters. The van der Waals surface area contributed by atoms with Crippen molar-refractivity contribution in [2.45, 2.75) is 0 Å². The summed E-state index contributed by atoms with van der Waals surface area (Å²) >= 11 is 9.40. The van der Waals surface area contributed by atoms with Crippen LogP contribution >= 0.6 is 27.5 Å². The van der Waals surface area contributed by atoms with Crippen LogP contribution in [0.15, 0.2) is 22.7 Å². The highest BCUT2D eigenvalue weighted by atomic mass is 79.9. The van der Waals surface area contributed by atoms with E-state index in [1.165, 1.54) is 0 Å². The molecule has 0 spiro atoms. The highest BCUT2D eigenvalue weighted by Crippen LogP contribution is 2.26. The van der Waals surface area contributed by atoms with E-state index in [4.69, 9.17) is 11.6 Å². The van der Waals surface area contributed by atoms with Gasteiger partial charge in [0.05, 0.1) is 10.6 Å². The van der Waals surface area contributed by atoms with Crippen LogP contribution in [0.1, 0.15) is 10.4 Å². The maximum absolute atomic E-state index is 12.1. The number of nitrogens with zero attached hydrogens (tertiary/aromatic N) is 2. The number of amides is 1. The smallest absolute Gasteiger partial charge is 0.255 e. The molecule has 0 saturated heterocycles. The van der Waals surface area contributed by atoms with Crippen molar-refractivity contribution in [3.05, 3.63) is 33.3 Å². The van der Waals surface area contributed by atoms with Gasteiger partial charge in [-0.1, -0.05) is 17.7 Å². The molecule has 0 N–H and O–H groups in total. The van der Waals surface area contributed by atoms with E-state index in [1.807, 2.05) is 31.1 Å². The van der Waals surface area contributed by atoms with Crippen molar-refractivity contribution in [3.8, 4) is 0 Å². The lowest BCUT2D eigenvalue weighted by Crippen LogP contribution is -2.33. The average molecular weight is 320 g/mol. The highest BCUT2D eigenvalue weighted by molar-refractivity contribution is 9.10. The maximum atomic E-state index is 12.1. The highest BCUT2D eigenvalue weighted by Gasteiger charge is 2.16. The largest absolute Gasteiger partial charge is 0.340 e. The first-order valence-electron chi connectivity index (χ1n) is 5.27. The van der Waals surface area contributed by atoms with Gasteiger partial charge in [0.1, 0.15) is 0 Å². The second-order valence-electron chi connectivity index (χ2n) is 4.13. The Balaban J connectivity index is 2.78. The van der Waals surface area contributed by atoms with Crippen molar-refractivity contribution in [1.29, 1.82) is 0 Å². The third kappa shape index (κ3) is 3.98. The SMILES string of the molecule is CN(C)CCN(C)C(=O)c1cccc(Br)c1Cl. The fourth-order valence-electron chi connectivity index (χ4n) is 1.33. The molecule has 3 nitrogen and oxygen atoms in total. The van der Waals surface area contributed by atoms with Crippen molar-refractivity contribution in [3.63, 3.8) is 0 Å². The first-order chi connectivity index (χ1) is 7.93. The molecule has 0 aliphatic rings. The predicted octanol–water partition coefficient (Wildman–Crippen LogP) is 2.74. The van der Waals surface area contributed by atoms with E-state index in [2.05, 4.69) is 15.9 Å². The van der Waals surface area contributed by atoms with Crippen LogP contribution in [0.5, 0.6) is 0 Å². The molecule has 0 atom stereocenters. The third-order valence-corrected chi connectivity index (χ3v) is 3.71. The van der Waals surface area contributed by atoms with Crippen molar-refractivity contribution < 1.29 is 4.79 Å². The third-order valence-electron chi connectivity index (χ3n) is 2.41. The number of likely N-dealkylation sites (N-methyl/N-ethyl adjacent to an activating group) is 2. The van der Waals surface area contributed by atoms with E-state index in [0.29, 0.717) is 17.1 Å². The number of hydrogen-bond donors (Lipinski definition) is 0. The Bertz CT molecular complexity index is 409. The zero-order chi connectivity index (χ0) is 13.0. The summed E-state index contributed by atoms with van der Waals surface area (Å²) in [4.78, 5) is 15.8. The summed E-state index contributed by atoms with van der Waals surface area (Å²) in [5.41, 5.74) is 0.530. The summed E-state index contributed by atoms with van der Waals surface area (Å²) in [7, 11) is 5.73. The lowest BCUT2D eigenvalue weighted by molar-refractivity contribution is 0.0786. The van der Waals surface area contributed by atoms with Gasteiger partial charge in [0, 0.05) is 24.6 Å². The fraction of sp³-hybridized carbons (Fsp3) is 0.417. The minimum atomic E-state index is -0.0573. The molecule has 0 bridgehead atoms. The van der Waals surface area contributed by atoms with Crippen LogP contribution in [-0.4, -0.2) is 49.9 Å². The number of carbonyl (C=O) groups excluding carboxylic acids is 1. The van der Waals surface area contributed by atoms with Gasteiger partial charge in [-0.3, -0.25) is 4.79 Å². The van der Waals surface area contributed by atoms with Gasteiger partial charge in [-0.2, -0.15) is 0 Å². The Morgan fingerprint density at radius 1 is 1.29 bits per heavy atom. The second-order valence-corrected chi connectivity index (χ2v) is 5.36. The number of hydrogen-bond acceptors (Lipinski definition) is 2. The molecule has 5 heteroatoms. The number of halogens is 2. The summed E-state index contributed by atoms with van der Waals surface area (Å²) in [5.74, 6) is -0.0573. The van der Waals surface area contributed by atoms with Crippen molar-refractivity contribution in [2.24, 2.45) is 0 Å². The lowest BCUT2D eigenvalue weighted by atomic mass is 10.2. The Labute approximate surface area is 115 Å². The van der Waals surface area contributed by atoms with Gasteiger partial charge < -0.3 is 9.80 Å². The lowest BCUT2D eigenvalue weighted by Gasteiger charge is -2.20. The standard InChI is InChI=1S/C12H16BrClN2O/c1-15(2)7-8-16(3)12(17)9-5-4-6-10(13)11(9)14/h4-6H,7-8H2,1-3H3. The maximum Gasteiger partial charge on any atom is 0.255 e. The molecule has 1 rings (SSSR count). The summed E-state index contributed by atoms with van der Waals surface area (Å²) < 4.78 is 0.742. The van der Waals surface area contributed by atoms with Gasteiger partial charge in [-0.05, 0) is 42.2 Å². The van der Waals surface area contributed by atoms with Gasteiger partial charge in [0.15, 0.2) is 0 Å². The molecule has 17 heavy (non-hydrogen) atoms. The van der Waals surface area contributed by atoms with E-state index in [0.717, 1.165) is 11.0 Å². The Kier molecular flexibility index (Phi) is 5.43. The average Bonchev–Trinajstić information content (AvgIpc) is 2.28. The number of carbonyl (C=O) groups is 1. The molecular weight excluding hydrogens is 304 g/mol. The van der Waals surface area contributed by atoms with E-state index < -0.39 is 0 Å². The minimum absolute atomic E-state index is 0.0573. The van der Waals surface area contributed by atoms with Gasteiger partial charge in [-0.25, -0.2) is 0 Å². The summed E-state index contributed by atoms with van der Waals surface area (Å²) in [5, 5.41) is 0.467. The topological polar surface area (TPSA) is 23.6 Å². The van der Waals surface area contributed by atoms with Crippen molar-refractivity contribution in [2.75, 3.05) is 34.2 Å². The van der Waals surface area contributed by atoms with Crippen molar-refractivity contribution >= 4 is 33.4 Å². The quantitative estimate of drug-likeness (QED) is 0.852. The summed E-state index contributed by atoms with van der Waals surface area (Å²) in [6.45, 7) is 1.50. The van der Waals surface area contributed by atoms with Crippen LogP contribution in [0.25, 0.3) is 0 Å². The van der Waals surface area contributed by atoms with Crippen LogP contribution in [0.4, 0.5) is 0 Å². The summed E-state index contributed by atoms with van der Waals surface area (Å²) in [6.07, 6.45) is 0. The molecule has 1 aromatic rings. The molecule has 0 aliphatic carbocycles. The van der Waals surface area contributed by atoms with Crippen LogP contribution in [0.2, 0.25) is 5.02 Å². The zero-order valence-corrected chi connectivity index (χ0v) is 12.5. The first-order valence-corrected chi connectivity index (χ1v) is 6.44. The van der Waals surface area contributed by atoms with Gasteiger partial charge in [0.2, 0.25) is 0 Å². The molecule has 0 radical (unpaired) electrons. The fourth-order valence-corrected chi connectivity index (χ4v) is 1.90. The Hall–Kier alpha value is -0.580. The van der Waals surface area contributed by atoms with Crippen LogP contribution in [0.3, 0.4) is 0 Å². The molecule has 1 amide bonds. The normalized spacial score (nSPS) is 10.7. The molecule has 94 valence electrons. The number of rotatable bonds is 4. The first kappa shape index (κ1) is 14.5. The molecule has 0 heterocycles. The van der Waals surface area contributed by atoms with E-state index in [-0.39, 0.29) is 5.91 Å². The minimum Gasteiger partial charge on any atom is -0.340 e. The Morgan fingerprint density at radius 2 is 1.94 bits per heavy atom. The van der Waals surface area contributed by atoms with Crippen molar-refractivity contribution in [1.82, 2.24) is 9.80 Å². The molecule has 0 saturated carbocycles. The van der Waals surface area contributed by atoms with Gasteiger partial charge >= 0.3 is 0 Å². The van der Waals surface area contributed by atoms with Gasteiger partial charge in [0.25, 0.3) is 5.91 Å². The monoisotopic (exact) mass is 318 g/mol. The van der Waals surface area contributed by atoms with E-state index in [1.54, 1.807) is 18.0 Å².